The molecule has 0 bridgehead atoms. The molecule has 0 saturated carbocycles. The summed E-state index contributed by atoms with van der Waals surface area (Å²) in [7, 11) is 0. The van der Waals surface area contributed by atoms with Gasteiger partial charge in [0.25, 0.3) is 0 Å². The maximum Gasteiger partial charge on any atom is 0.341 e. The van der Waals surface area contributed by atoms with Crippen LogP contribution in [0.15, 0.2) is 0 Å². The van der Waals surface area contributed by atoms with E-state index in [9.17, 15) is 0 Å². The zero-order chi connectivity index (χ0) is 6.69. The van der Waals surface area contributed by atoms with Gasteiger partial charge in [0.15, 0.2) is 13.1 Å². The molecule has 0 aromatic heterocycles. The smallest absolute Gasteiger partial charge is 0.341 e. The molecule has 0 N–H and O–H groups in total. The second-order valence-electron chi connectivity index (χ2n) is 1.84. The van der Waals surface area contributed by atoms with E-state index in [2.05, 4.69) is 0 Å². The van der Waals surface area contributed by atoms with Crippen molar-refractivity contribution in [2.24, 2.45) is 0 Å². The Bertz CT molecular complexity index is 125. The van der Waals surface area contributed by atoms with E-state index >= 15 is 0 Å². The molecule has 1 heterocycles. The predicted octanol–water partition coefficient (Wildman–Crippen LogP) is -2.13. The summed E-state index contributed by atoms with van der Waals surface area (Å²) in [6.45, 7) is 3.07. The van der Waals surface area contributed by atoms with Crippen LogP contribution in [-0.4, -0.2) is 35.5 Å². The minimum atomic E-state index is 0. The van der Waals surface area contributed by atoms with Crippen LogP contribution >= 0.6 is 23.2 Å². The summed E-state index contributed by atoms with van der Waals surface area (Å²) >= 11 is 11.0. The Morgan fingerprint density at radius 3 is 2.00 bits per heavy atom. The first-order valence-electron chi connectivity index (χ1n) is 2.81. The van der Waals surface area contributed by atoms with Gasteiger partial charge in [-0.25, -0.2) is 4.58 Å². The Morgan fingerprint density at radius 2 is 1.70 bits per heavy atom. The van der Waals surface area contributed by atoms with E-state index in [0.29, 0.717) is 4.63 Å². The van der Waals surface area contributed by atoms with Crippen LogP contribution < -0.4 is 12.4 Å². The Hall–Kier alpha value is 0.500. The van der Waals surface area contributed by atoms with Crippen molar-refractivity contribution in [2.45, 2.75) is 0 Å². The van der Waals surface area contributed by atoms with E-state index in [1.165, 1.54) is 0 Å². The molecule has 5 heteroatoms. The number of ether oxygens (including phenoxy) is 1. The van der Waals surface area contributed by atoms with Crippen LogP contribution in [0.25, 0.3) is 0 Å². The van der Waals surface area contributed by atoms with Crippen LogP contribution in [0, 0.1) is 0 Å². The molecule has 60 valence electrons. The minimum absolute atomic E-state index is 0. The van der Waals surface area contributed by atoms with Crippen molar-refractivity contribution in [1.29, 1.82) is 0 Å². The van der Waals surface area contributed by atoms with Gasteiger partial charge in [0.05, 0.1) is 0 Å². The molecule has 1 saturated heterocycles. The summed E-state index contributed by atoms with van der Waals surface area (Å²) in [6, 6.07) is 0. The second-order valence-corrected chi connectivity index (χ2v) is 2.75. The first kappa shape index (κ1) is 10.5. The van der Waals surface area contributed by atoms with Gasteiger partial charge in [-0.3, -0.25) is 0 Å². The fraction of sp³-hybridized carbons (Fsp3) is 0.800. The number of nitrogens with zero attached hydrogens (tertiary/aromatic N) is 1. The highest BCUT2D eigenvalue weighted by molar-refractivity contribution is 6.94. The number of rotatable bonds is 0. The molecule has 1 fully saturated rings. The first-order valence-corrected chi connectivity index (χ1v) is 3.57. The summed E-state index contributed by atoms with van der Waals surface area (Å²) < 4.78 is 7.30. The van der Waals surface area contributed by atoms with Gasteiger partial charge >= 0.3 is 4.63 Å². The fourth-order valence-corrected chi connectivity index (χ4v) is 1.07. The minimum Gasteiger partial charge on any atom is -1.00 e. The molecule has 1 rings (SSSR count). The average molecular weight is 204 g/mol. The molecule has 1 aliphatic rings. The Labute approximate surface area is 76.2 Å². The Balaban J connectivity index is 0.000000810. The van der Waals surface area contributed by atoms with E-state index in [1.54, 1.807) is 0 Å². The van der Waals surface area contributed by atoms with Crippen molar-refractivity contribution in [1.82, 2.24) is 0 Å². The molecule has 0 aliphatic carbocycles. The molecule has 1 aliphatic heterocycles. The van der Waals surface area contributed by atoms with Gasteiger partial charge in [-0.05, 0) is 0 Å². The quantitative estimate of drug-likeness (QED) is 0.411. The van der Waals surface area contributed by atoms with Crippen molar-refractivity contribution in [3.63, 3.8) is 0 Å². The van der Waals surface area contributed by atoms with Crippen molar-refractivity contribution in [3.8, 4) is 0 Å². The molecule has 2 nitrogen and oxygen atoms in total. The van der Waals surface area contributed by atoms with Crippen molar-refractivity contribution >= 4 is 27.8 Å². The molecule has 0 radical (unpaired) electrons. The summed E-state index contributed by atoms with van der Waals surface area (Å²) in [5.41, 5.74) is 0. The largest absolute Gasteiger partial charge is 1.00 e. The van der Waals surface area contributed by atoms with Crippen LogP contribution in [0.3, 0.4) is 0 Å². The number of halogens is 3. The van der Waals surface area contributed by atoms with Gasteiger partial charge in [-0.2, -0.15) is 0 Å². The number of hydrogen-bond donors (Lipinski definition) is 0. The lowest BCUT2D eigenvalue weighted by atomic mass is 10.5. The highest BCUT2D eigenvalue weighted by Gasteiger charge is 2.14. The second kappa shape index (κ2) is 5.19. The molecule has 0 atom stereocenters. The topological polar surface area (TPSA) is 12.2 Å². The lowest BCUT2D eigenvalue weighted by molar-refractivity contribution is -0.545. The standard InChI is InChI=1S/C5H8Cl2NO.ClH/c6-5(7)8-1-3-9-4-2-8;/h1-4H2;1H/q+1;/p-1. The molecule has 0 spiro atoms. The zero-order valence-corrected chi connectivity index (χ0v) is 7.59. The molecule has 10 heavy (non-hydrogen) atoms. The van der Waals surface area contributed by atoms with Crippen LogP contribution in [0.1, 0.15) is 0 Å². The summed E-state index contributed by atoms with van der Waals surface area (Å²) in [4.78, 5) is 0. The monoisotopic (exact) mass is 203 g/mol. The van der Waals surface area contributed by atoms with E-state index in [-0.39, 0.29) is 12.4 Å². The van der Waals surface area contributed by atoms with E-state index in [1.807, 2.05) is 4.58 Å². The van der Waals surface area contributed by atoms with Gasteiger partial charge < -0.3 is 17.1 Å². The van der Waals surface area contributed by atoms with Gasteiger partial charge in [-0.1, -0.05) is 0 Å². The summed E-state index contributed by atoms with van der Waals surface area (Å²) in [6.07, 6.45) is 0. The predicted molar refractivity (Wildman–Crippen MR) is 37.5 cm³/mol. The maximum absolute atomic E-state index is 5.51. The molecule has 0 unspecified atom stereocenters. The van der Waals surface area contributed by atoms with Crippen LogP contribution in [0.4, 0.5) is 0 Å². The molecule has 0 aromatic rings. The highest BCUT2D eigenvalue weighted by Crippen LogP contribution is 1.96. The van der Waals surface area contributed by atoms with E-state index in [4.69, 9.17) is 27.9 Å². The molecule has 0 aromatic carbocycles. The number of hydrogen-bond acceptors (Lipinski definition) is 1. The normalized spacial score (nSPS) is 18.0. The average Bonchev–Trinajstić information content (AvgIpc) is 1.90. The molecular formula is C5H8Cl3NO. The van der Waals surface area contributed by atoms with Crippen LogP contribution in [0.2, 0.25) is 0 Å². The van der Waals surface area contributed by atoms with Gasteiger partial charge in [0, 0.05) is 23.2 Å². The lowest BCUT2D eigenvalue weighted by Gasteiger charge is -2.09. The third-order valence-corrected chi connectivity index (χ3v) is 1.73. The SMILES string of the molecule is ClC(Cl)=[N+]1CCOCC1.[Cl-]. The summed E-state index contributed by atoms with van der Waals surface area (Å²) in [5.74, 6) is 0. The third kappa shape index (κ3) is 3.06. The van der Waals surface area contributed by atoms with Gasteiger partial charge in [0.1, 0.15) is 13.2 Å². The molecule has 0 amide bonds. The van der Waals surface area contributed by atoms with E-state index < -0.39 is 0 Å². The van der Waals surface area contributed by atoms with Crippen LogP contribution in [-0.2, 0) is 4.74 Å². The van der Waals surface area contributed by atoms with E-state index in [0.717, 1.165) is 26.3 Å². The maximum atomic E-state index is 5.51. The fourth-order valence-electron chi connectivity index (χ4n) is 0.732. The Kier molecular flexibility index (Phi) is 5.45. The summed E-state index contributed by atoms with van der Waals surface area (Å²) in [5, 5.41) is 0. The van der Waals surface area contributed by atoms with Gasteiger partial charge in [-0.15, -0.1) is 0 Å². The number of morpholine rings is 1. The van der Waals surface area contributed by atoms with Crippen molar-refractivity contribution < 1.29 is 21.7 Å². The highest BCUT2D eigenvalue weighted by atomic mass is 35.5. The zero-order valence-electron chi connectivity index (χ0n) is 5.32. The Morgan fingerprint density at radius 1 is 1.20 bits per heavy atom. The lowest BCUT2D eigenvalue weighted by Crippen LogP contribution is -3.00. The third-order valence-electron chi connectivity index (χ3n) is 1.25. The van der Waals surface area contributed by atoms with Crippen molar-refractivity contribution in [3.05, 3.63) is 0 Å². The first-order chi connectivity index (χ1) is 4.30. The molecular weight excluding hydrogens is 196 g/mol. The van der Waals surface area contributed by atoms with Crippen LogP contribution in [0.5, 0.6) is 0 Å². The van der Waals surface area contributed by atoms with Gasteiger partial charge in [0.2, 0.25) is 0 Å². The van der Waals surface area contributed by atoms with Crippen molar-refractivity contribution in [2.75, 3.05) is 26.3 Å².